The van der Waals surface area contributed by atoms with Crippen molar-refractivity contribution in [1.82, 2.24) is 0 Å². The van der Waals surface area contributed by atoms with Crippen molar-refractivity contribution in [3.63, 3.8) is 0 Å². The number of rotatable bonds is 2. The van der Waals surface area contributed by atoms with Gasteiger partial charge in [-0.15, -0.1) is 0 Å². The quantitative estimate of drug-likeness (QED) is 0.747. The van der Waals surface area contributed by atoms with E-state index in [1.807, 2.05) is 0 Å². The van der Waals surface area contributed by atoms with Gasteiger partial charge >= 0.3 is 49.6 Å². The molecular weight excluding hydrogens is 267 g/mol. The van der Waals surface area contributed by atoms with Crippen LogP contribution in [0, 0.1) is 0 Å². The molecule has 0 amide bonds. The first-order valence-corrected chi connectivity index (χ1v) is 7.87. The van der Waals surface area contributed by atoms with Gasteiger partial charge in [-0.25, -0.2) is 0 Å². The van der Waals surface area contributed by atoms with Gasteiger partial charge in [0.1, 0.15) is 0 Å². The van der Waals surface area contributed by atoms with Crippen molar-refractivity contribution in [3.8, 4) is 0 Å². The molecule has 1 nitrogen and oxygen atoms in total. The summed E-state index contributed by atoms with van der Waals surface area (Å²) in [5.74, 6) is 0. The maximum atomic E-state index is 4.90. The summed E-state index contributed by atoms with van der Waals surface area (Å²) in [6.07, 6.45) is 0. The number of halogens is 4. The molecule has 0 atom stereocenters. The standard InChI is InChI=1S/C4H11N.4ClH.Cu/c1-3-5-4-2;;;;;/h5H,3-4H2,1-2H3;4*1H;/q;;;;;+4/p-3. The van der Waals surface area contributed by atoms with Crippen LogP contribution in [-0.4, -0.2) is 13.1 Å². The minimum absolute atomic E-state index is 1.22. The molecule has 0 saturated carbocycles. The summed E-state index contributed by atoms with van der Waals surface area (Å²) < 4.78 is 0. The Hall–Kier alpha value is 1.64. The van der Waals surface area contributed by atoms with Gasteiger partial charge in [0.2, 0.25) is 0 Å². The van der Waals surface area contributed by atoms with Crippen molar-refractivity contribution in [2.45, 2.75) is 13.8 Å². The second kappa shape index (κ2) is 8.73. The summed E-state index contributed by atoms with van der Waals surface area (Å²) in [5.41, 5.74) is 0. The van der Waals surface area contributed by atoms with E-state index < -0.39 is 9.20 Å². The molecule has 0 radical (unpaired) electrons. The molecule has 0 rings (SSSR count). The molecule has 0 aromatic carbocycles. The van der Waals surface area contributed by atoms with Crippen LogP contribution in [0.4, 0.5) is 0 Å². The molecule has 0 unspecified atom stereocenters. The zero-order valence-electron chi connectivity index (χ0n) is 5.80. The molecule has 6 heteroatoms. The van der Waals surface area contributed by atoms with Crippen molar-refractivity contribution in [3.05, 3.63) is 0 Å². The fourth-order valence-corrected chi connectivity index (χ4v) is 0.289. The van der Waals surface area contributed by atoms with Gasteiger partial charge in [-0.2, -0.15) is 0 Å². The molecule has 0 spiro atoms. The summed E-state index contributed by atoms with van der Waals surface area (Å²) in [5, 5.41) is 2.25. The molecular formula is C4H12Cl4CuN+. The summed E-state index contributed by atoms with van der Waals surface area (Å²) in [4.78, 5) is 0. The van der Waals surface area contributed by atoms with Gasteiger partial charge in [-0.1, -0.05) is 0 Å². The van der Waals surface area contributed by atoms with E-state index in [1.54, 1.807) is 0 Å². The molecule has 0 aromatic heterocycles. The Morgan fingerprint density at radius 3 is 1.20 bits per heavy atom. The number of quaternary nitrogens is 1. The Bertz CT molecular complexity index is 56.8. The van der Waals surface area contributed by atoms with Gasteiger partial charge in [-0.05, 0) is 13.8 Å². The Kier molecular flexibility index (Phi) is 12.4. The Morgan fingerprint density at radius 1 is 1.00 bits per heavy atom. The van der Waals surface area contributed by atoms with Crippen LogP contribution in [0.5, 0.6) is 0 Å². The molecule has 2 N–H and O–H groups in total. The Morgan fingerprint density at radius 2 is 1.20 bits per heavy atom. The first kappa shape index (κ1) is 14.2. The molecule has 71 valence electrons. The first-order valence-electron chi connectivity index (χ1n) is 2.69. The molecule has 0 aliphatic rings. The van der Waals surface area contributed by atoms with E-state index >= 15 is 0 Å². The van der Waals surface area contributed by atoms with Gasteiger partial charge in [0.15, 0.2) is 0 Å². The van der Waals surface area contributed by atoms with Crippen molar-refractivity contribution in [2.24, 2.45) is 0 Å². The predicted molar refractivity (Wildman–Crippen MR) is 46.4 cm³/mol. The molecule has 0 heterocycles. The summed E-state index contributed by atoms with van der Waals surface area (Å²) in [6.45, 7) is 6.75. The van der Waals surface area contributed by atoms with Crippen LogP contribution in [0.1, 0.15) is 13.8 Å². The maximum absolute atomic E-state index is 4.90. The van der Waals surface area contributed by atoms with Crippen LogP contribution in [0.15, 0.2) is 0 Å². The third-order valence-corrected chi connectivity index (χ3v) is 0.577. The molecule has 0 aromatic rings. The molecule has 10 heavy (non-hydrogen) atoms. The van der Waals surface area contributed by atoms with E-state index in [0.717, 1.165) is 0 Å². The Balaban J connectivity index is 0. The van der Waals surface area contributed by atoms with E-state index in [4.69, 9.17) is 40.4 Å². The van der Waals surface area contributed by atoms with Crippen LogP contribution in [0.3, 0.4) is 0 Å². The van der Waals surface area contributed by atoms with E-state index in [0.29, 0.717) is 0 Å². The number of hydrogen-bond acceptors (Lipinski definition) is 0. The third-order valence-electron chi connectivity index (χ3n) is 0.577. The molecule has 0 aliphatic heterocycles. The van der Waals surface area contributed by atoms with Crippen molar-refractivity contribution >= 4 is 40.4 Å². The zero-order chi connectivity index (χ0) is 8.62. The van der Waals surface area contributed by atoms with Crippen LogP contribution in [-0.2, 0) is 9.20 Å². The fourth-order valence-electron chi connectivity index (χ4n) is 0.289. The van der Waals surface area contributed by atoms with Gasteiger partial charge in [0.25, 0.3) is 0 Å². The molecule has 0 fully saturated rings. The second-order valence-corrected chi connectivity index (χ2v) is 10.7. The average molecular weight is 280 g/mol. The summed E-state index contributed by atoms with van der Waals surface area (Å²) in [6, 6.07) is 0. The van der Waals surface area contributed by atoms with Crippen LogP contribution >= 0.6 is 40.4 Å². The Labute approximate surface area is 81.5 Å². The van der Waals surface area contributed by atoms with Crippen LogP contribution in [0.2, 0.25) is 0 Å². The van der Waals surface area contributed by atoms with Gasteiger partial charge < -0.3 is 5.32 Å². The van der Waals surface area contributed by atoms with Crippen molar-refractivity contribution in [2.75, 3.05) is 13.1 Å². The normalized spacial score (nSPS) is 11.8. The molecule has 0 saturated heterocycles. The SMILES string of the molecule is CC[NH2+]CC.[Cl][Cu]([Cl])([Cl])[Cl]. The fraction of sp³-hybridized carbons (Fsp3) is 1.00. The van der Waals surface area contributed by atoms with Gasteiger partial charge in [0.05, 0.1) is 13.1 Å². The zero-order valence-corrected chi connectivity index (χ0v) is 9.77. The summed E-state index contributed by atoms with van der Waals surface area (Å²) in [7, 11) is 17.4. The van der Waals surface area contributed by atoms with Gasteiger partial charge in [0, 0.05) is 0 Å². The van der Waals surface area contributed by atoms with E-state index in [9.17, 15) is 0 Å². The minimum atomic E-state index is -2.24. The van der Waals surface area contributed by atoms with Crippen LogP contribution < -0.4 is 5.32 Å². The second-order valence-electron chi connectivity index (χ2n) is 1.36. The van der Waals surface area contributed by atoms with E-state index in [2.05, 4.69) is 19.2 Å². The number of nitrogens with two attached hydrogens (primary N) is 1. The van der Waals surface area contributed by atoms with E-state index in [1.165, 1.54) is 13.1 Å². The topological polar surface area (TPSA) is 16.6 Å². The monoisotopic (exact) mass is 277 g/mol. The van der Waals surface area contributed by atoms with Crippen molar-refractivity contribution < 1.29 is 14.5 Å². The van der Waals surface area contributed by atoms with Crippen LogP contribution in [0.25, 0.3) is 0 Å². The third kappa shape index (κ3) is 54.3. The molecule has 0 aliphatic carbocycles. The first-order chi connectivity index (χ1) is 4.41. The number of hydrogen-bond donors (Lipinski definition) is 1. The molecule has 0 bridgehead atoms. The van der Waals surface area contributed by atoms with Gasteiger partial charge in [-0.3, -0.25) is 0 Å². The summed E-state index contributed by atoms with van der Waals surface area (Å²) >= 11 is 0. The predicted octanol–water partition coefficient (Wildman–Crippen LogP) is 2.35. The van der Waals surface area contributed by atoms with Crippen molar-refractivity contribution in [1.29, 1.82) is 0 Å². The average Bonchev–Trinajstić information content (AvgIpc) is 1.63. The van der Waals surface area contributed by atoms with E-state index in [-0.39, 0.29) is 0 Å².